The maximum Gasteiger partial charge on any atom is 0.253 e. The monoisotopic (exact) mass is 543 g/mol. The zero-order valence-corrected chi connectivity index (χ0v) is 22.1. The zero-order valence-electron chi connectivity index (χ0n) is 20.5. The minimum absolute atomic E-state index is 0.231. The number of sulfonamides is 1. The average molecular weight is 544 g/mol. The van der Waals surface area contributed by atoms with Gasteiger partial charge in [-0.2, -0.15) is 0 Å². The number of aliphatic hydroxyl groups excluding tert-OH is 1. The van der Waals surface area contributed by atoms with Gasteiger partial charge in [-0.3, -0.25) is 14.3 Å². The molecule has 1 aromatic heterocycles. The van der Waals surface area contributed by atoms with Crippen LogP contribution >= 0.6 is 11.3 Å². The lowest BCUT2D eigenvalue weighted by atomic mass is 10.1. The fourth-order valence-electron chi connectivity index (χ4n) is 4.16. The SMILES string of the molecule is CCOC(O)c1cc(-c2ccccc2)sc1NC(=O)C1CCN(C(=O)c2cccc(NS(C)(=O)=O)c2)C1. The molecule has 0 spiro atoms. The third kappa shape index (κ3) is 6.75. The van der Waals surface area contributed by atoms with Crippen molar-refractivity contribution >= 4 is 43.9 Å². The van der Waals surface area contributed by atoms with Gasteiger partial charge in [0.15, 0.2) is 6.29 Å². The molecule has 0 aliphatic carbocycles. The molecule has 0 radical (unpaired) electrons. The van der Waals surface area contributed by atoms with E-state index in [9.17, 15) is 23.1 Å². The number of hydrogen-bond donors (Lipinski definition) is 3. The van der Waals surface area contributed by atoms with E-state index in [2.05, 4.69) is 10.0 Å². The second kappa shape index (κ2) is 11.4. The Morgan fingerprint density at radius 1 is 1.16 bits per heavy atom. The van der Waals surface area contributed by atoms with Gasteiger partial charge in [0.25, 0.3) is 5.91 Å². The normalized spacial score (nSPS) is 16.4. The smallest absolute Gasteiger partial charge is 0.253 e. The second-order valence-corrected chi connectivity index (χ2v) is 11.6. The molecule has 4 rings (SSSR count). The van der Waals surface area contributed by atoms with Crippen molar-refractivity contribution in [3.8, 4) is 10.4 Å². The molecule has 0 saturated carbocycles. The third-order valence-electron chi connectivity index (χ3n) is 5.91. The molecule has 1 fully saturated rings. The first-order chi connectivity index (χ1) is 17.6. The molecule has 0 bridgehead atoms. The lowest BCUT2D eigenvalue weighted by molar-refractivity contribution is -0.119. The molecule has 11 heteroatoms. The molecule has 2 amide bonds. The summed E-state index contributed by atoms with van der Waals surface area (Å²) in [6.45, 7) is 2.72. The first-order valence-corrected chi connectivity index (χ1v) is 14.5. The minimum atomic E-state index is -3.47. The van der Waals surface area contributed by atoms with E-state index < -0.39 is 22.2 Å². The summed E-state index contributed by atoms with van der Waals surface area (Å²) >= 11 is 1.36. The van der Waals surface area contributed by atoms with Crippen LogP contribution in [0.4, 0.5) is 10.7 Å². The summed E-state index contributed by atoms with van der Waals surface area (Å²) in [6.07, 6.45) is 0.350. The van der Waals surface area contributed by atoms with Gasteiger partial charge in [-0.05, 0) is 43.2 Å². The first-order valence-electron chi connectivity index (χ1n) is 11.8. The van der Waals surface area contributed by atoms with Gasteiger partial charge in [0, 0.05) is 41.4 Å². The van der Waals surface area contributed by atoms with Gasteiger partial charge in [0.1, 0.15) is 5.00 Å². The van der Waals surface area contributed by atoms with E-state index in [1.165, 1.54) is 17.4 Å². The third-order valence-corrected chi connectivity index (χ3v) is 7.63. The Balaban J connectivity index is 1.46. The van der Waals surface area contributed by atoms with Gasteiger partial charge in [-0.15, -0.1) is 11.3 Å². The van der Waals surface area contributed by atoms with E-state index in [4.69, 9.17) is 4.74 Å². The summed E-state index contributed by atoms with van der Waals surface area (Å²) in [5.74, 6) is -0.947. The molecule has 1 saturated heterocycles. The highest BCUT2D eigenvalue weighted by molar-refractivity contribution is 7.92. The van der Waals surface area contributed by atoms with E-state index in [1.807, 2.05) is 36.4 Å². The number of carbonyl (C=O) groups excluding carboxylic acids is 2. The van der Waals surface area contributed by atoms with Crippen molar-refractivity contribution in [2.45, 2.75) is 19.6 Å². The highest BCUT2D eigenvalue weighted by atomic mass is 32.2. The molecule has 3 aromatic rings. The van der Waals surface area contributed by atoms with Gasteiger partial charge in [-0.1, -0.05) is 36.4 Å². The molecule has 3 N–H and O–H groups in total. The van der Waals surface area contributed by atoms with Crippen molar-refractivity contribution in [2.75, 3.05) is 36.0 Å². The van der Waals surface area contributed by atoms with Crippen molar-refractivity contribution in [3.63, 3.8) is 0 Å². The molecule has 2 heterocycles. The maximum atomic E-state index is 13.2. The number of hydrogen-bond acceptors (Lipinski definition) is 7. The van der Waals surface area contributed by atoms with Gasteiger partial charge in [0.05, 0.1) is 12.2 Å². The van der Waals surface area contributed by atoms with Crippen LogP contribution in [0.1, 0.15) is 35.6 Å². The maximum absolute atomic E-state index is 13.2. The van der Waals surface area contributed by atoms with Crippen LogP contribution in [0.25, 0.3) is 10.4 Å². The predicted molar refractivity (Wildman–Crippen MR) is 144 cm³/mol. The molecule has 2 unspecified atom stereocenters. The molecular weight excluding hydrogens is 514 g/mol. The molecule has 9 nitrogen and oxygen atoms in total. The van der Waals surface area contributed by atoms with E-state index >= 15 is 0 Å². The molecule has 196 valence electrons. The highest BCUT2D eigenvalue weighted by Crippen LogP contribution is 2.39. The number of carbonyl (C=O) groups is 2. The van der Waals surface area contributed by atoms with Crippen LogP contribution in [-0.2, 0) is 19.6 Å². The summed E-state index contributed by atoms with van der Waals surface area (Å²) in [7, 11) is -3.47. The van der Waals surface area contributed by atoms with Crippen LogP contribution in [-0.4, -0.2) is 56.2 Å². The summed E-state index contributed by atoms with van der Waals surface area (Å²) < 4.78 is 30.8. The van der Waals surface area contributed by atoms with Crippen LogP contribution in [0.2, 0.25) is 0 Å². The Kier molecular flexibility index (Phi) is 8.28. The molecule has 1 aliphatic heterocycles. The summed E-state index contributed by atoms with van der Waals surface area (Å²) in [4.78, 5) is 28.7. The minimum Gasteiger partial charge on any atom is -0.364 e. The van der Waals surface area contributed by atoms with Gasteiger partial charge in [0.2, 0.25) is 15.9 Å². The zero-order chi connectivity index (χ0) is 26.6. The summed E-state index contributed by atoms with van der Waals surface area (Å²) in [5, 5.41) is 14.0. The van der Waals surface area contributed by atoms with Crippen LogP contribution in [0, 0.1) is 5.92 Å². The fourth-order valence-corrected chi connectivity index (χ4v) is 5.81. The van der Waals surface area contributed by atoms with E-state index in [0.29, 0.717) is 41.4 Å². The molecule has 2 aromatic carbocycles. The molecule has 2 atom stereocenters. The number of amides is 2. The average Bonchev–Trinajstić information content (AvgIpc) is 3.51. The standard InChI is InChI=1S/C26H29N3O6S2/c1-3-35-26(32)21-15-22(17-8-5-4-6-9-17)36-24(21)27-23(30)19-12-13-29(16-19)25(31)18-10-7-11-20(14-18)28-37(2,33)34/h4-11,14-15,19,26,28,32H,3,12-13,16H2,1-2H3,(H,27,30). The number of anilines is 2. The number of thiophene rings is 1. The molecule has 1 aliphatic rings. The van der Waals surface area contributed by atoms with Crippen molar-refractivity contribution in [3.05, 3.63) is 71.8 Å². The van der Waals surface area contributed by atoms with E-state index in [-0.39, 0.29) is 18.4 Å². The fraction of sp³-hybridized carbons (Fsp3) is 0.308. The van der Waals surface area contributed by atoms with Crippen molar-refractivity contribution in [1.29, 1.82) is 0 Å². The molecule has 37 heavy (non-hydrogen) atoms. The van der Waals surface area contributed by atoms with Crippen LogP contribution in [0.3, 0.4) is 0 Å². The Bertz CT molecular complexity index is 1370. The molecular formula is C26H29N3O6S2. The van der Waals surface area contributed by atoms with E-state index in [1.54, 1.807) is 30.0 Å². The largest absolute Gasteiger partial charge is 0.364 e. The number of rotatable bonds is 9. The summed E-state index contributed by atoms with van der Waals surface area (Å²) in [6, 6.07) is 17.7. The van der Waals surface area contributed by atoms with Crippen molar-refractivity contribution in [2.24, 2.45) is 5.92 Å². The van der Waals surface area contributed by atoms with Crippen LogP contribution in [0.15, 0.2) is 60.7 Å². The second-order valence-electron chi connectivity index (χ2n) is 8.75. The summed E-state index contributed by atoms with van der Waals surface area (Å²) in [5.41, 5.74) is 2.08. The van der Waals surface area contributed by atoms with Gasteiger partial charge in [-0.25, -0.2) is 8.42 Å². The van der Waals surface area contributed by atoms with E-state index in [0.717, 1.165) is 16.7 Å². The number of likely N-dealkylation sites (tertiary alicyclic amines) is 1. The Hall–Kier alpha value is -3.25. The Morgan fingerprint density at radius 2 is 1.92 bits per heavy atom. The van der Waals surface area contributed by atoms with Crippen molar-refractivity contribution in [1.82, 2.24) is 4.90 Å². The lowest BCUT2D eigenvalue weighted by Crippen LogP contribution is -2.31. The lowest BCUT2D eigenvalue weighted by Gasteiger charge is -2.17. The van der Waals surface area contributed by atoms with Gasteiger partial charge < -0.3 is 20.1 Å². The number of nitrogens with zero attached hydrogens (tertiary/aromatic N) is 1. The number of ether oxygens (including phenoxy) is 1. The number of aliphatic hydroxyl groups is 1. The van der Waals surface area contributed by atoms with Gasteiger partial charge >= 0.3 is 0 Å². The highest BCUT2D eigenvalue weighted by Gasteiger charge is 2.32. The Morgan fingerprint density at radius 3 is 2.62 bits per heavy atom. The van der Waals surface area contributed by atoms with Crippen LogP contribution < -0.4 is 10.0 Å². The first kappa shape index (κ1) is 26.8. The topological polar surface area (TPSA) is 125 Å². The van der Waals surface area contributed by atoms with Crippen LogP contribution in [0.5, 0.6) is 0 Å². The number of nitrogens with one attached hydrogen (secondary N) is 2. The predicted octanol–water partition coefficient (Wildman–Crippen LogP) is 3.91. The Labute approximate surface area is 220 Å². The quantitative estimate of drug-likeness (QED) is 0.352. The number of benzene rings is 2. The van der Waals surface area contributed by atoms with Crippen molar-refractivity contribution < 1.29 is 27.9 Å².